The van der Waals surface area contributed by atoms with Crippen LogP contribution in [0.1, 0.15) is 50.1 Å². The number of hydrogen-bond acceptors (Lipinski definition) is 6. The smallest absolute Gasteiger partial charge is 0.249 e. The molecule has 0 aliphatic carbocycles. The van der Waals surface area contributed by atoms with E-state index in [-0.39, 0.29) is 13.4 Å². The fraction of sp³-hybridized carbons (Fsp3) is 0.111. The number of hydrogen-bond donors (Lipinski definition) is 0. The van der Waals surface area contributed by atoms with Crippen LogP contribution in [0.3, 0.4) is 0 Å². The van der Waals surface area contributed by atoms with Crippen LogP contribution in [0.2, 0.25) is 0 Å². The van der Waals surface area contributed by atoms with E-state index in [1.807, 2.05) is 23.5 Å². The highest BCUT2D eigenvalue weighted by Gasteiger charge is 2.47. The van der Waals surface area contributed by atoms with Crippen molar-refractivity contribution in [2.24, 2.45) is 0 Å². The first kappa shape index (κ1) is 55.0. The van der Waals surface area contributed by atoms with Crippen molar-refractivity contribution in [1.82, 2.24) is 0 Å². The molecule has 0 unspecified atom stereocenters. The van der Waals surface area contributed by atoms with E-state index in [9.17, 15) is 0 Å². The first-order chi connectivity index (χ1) is 43.4. The first-order valence-corrected chi connectivity index (χ1v) is 32.8. The maximum Gasteiger partial charge on any atom is 0.249 e. The highest BCUT2D eigenvalue weighted by molar-refractivity contribution is 8.00. The zero-order valence-corrected chi connectivity index (χ0v) is 53.4. The molecule has 0 saturated heterocycles. The standard InChI is InChI=1S/C81H66B2N4S2/c1-49-37-52(4)79(53(5)38-49)84(59-27-15-11-16-28-59)61-43-71-77-75(45-61)88-73-36-24-21-33-65(73)83(77)66-47-67-74(48-70(66)86(71)68-34-22-19-31-63(68)58-25-13-10-14-26-58)89-76-46-62(85(60-29-17-12-18-30-60)80-54(6)39-50(2)40-55(80)7)44-72-78(76)82(67)64-32-20-23-35-69(64)87(72)81-56(8)41-51(3)42-57(81)9/h10-48H,1-9H3. The molecule has 4 aliphatic rings. The van der Waals surface area contributed by atoms with E-state index in [0.717, 1.165) is 28.4 Å². The van der Waals surface area contributed by atoms with Gasteiger partial charge in [0.2, 0.25) is 13.4 Å². The van der Waals surface area contributed by atoms with Gasteiger partial charge in [0.05, 0.1) is 22.7 Å². The van der Waals surface area contributed by atoms with Gasteiger partial charge >= 0.3 is 0 Å². The lowest BCUT2D eigenvalue weighted by molar-refractivity contribution is 1.17. The number of para-hydroxylation sites is 4. The summed E-state index contributed by atoms with van der Waals surface area (Å²) in [7, 11) is 0. The quantitative estimate of drug-likeness (QED) is 0.133. The second kappa shape index (κ2) is 21.5. The Hall–Kier alpha value is -9.33. The van der Waals surface area contributed by atoms with Gasteiger partial charge in [-0.25, -0.2) is 0 Å². The van der Waals surface area contributed by atoms with Crippen molar-refractivity contribution < 1.29 is 0 Å². The molecule has 0 atom stereocenters. The largest absolute Gasteiger partial charge is 0.311 e. The van der Waals surface area contributed by atoms with E-state index in [4.69, 9.17) is 0 Å². The third-order valence-corrected chi connectivity index (χ3v) is 21.1. The summed E-state index contributed by atoms with van der Waals surface area (Å²) in [6.07, 6.45) is 0. The number of fused-ring (bicyclic) bond motifs is 8. The topological polar surface area (TPSA) is 13.0 Å². The molecule has 4 heterocycles. The lowest BCUT2D eigenvalue weighted by atomic mass is 9.31. The van der Waals surface area contributed by atoms with Gasteiger partial charge in [0.1, 0.15) is 0 Å². The van der Waals surface area contributed by atoms with Crippen LogP contribution in [0.25, 0.3) is 11.1 Å². The Morgan fingerprint density at radius 2 is 0.730 bits per heavy atom. The van der Waals surface area contributed by atoms with Gasteiger partial charge in [-0.3, -0.25) is 0 Å². The predicted molar refractivity (Wildman–Crippen MR) is 384 cm³/mol. The molecular weight excluding hydrogens is 1110 g/mol. The molecule has 0 fully saturated rings. The number of nitrogens with zero attached hydrogens (tertiary/aromatic N) is 4. The highest BCUT2D eigenvalue weighted by atomic mass is 32.2. The van der Waals surface area contributed by atoms with Crippen molar-refractivity contribution >= 4 is 138 Å². The fourth-order valence-corrected chi connectivity index (χ4v) is 18.1. The Kier molecular flexibility index (Phi) is 13.3. The zero-order chi connectivity index (χ0) is 60.5. The predicted octanol–water partition coefficient (Wildman–Crippen LogP) is 18.6. The normalized spacial score (nSPS) is 13.0. The zero-order valence-electron chi connectivity index (χ0n) is 51.8. The van der Waals surface area contributed by atoms with Gasteiger partial charge in [-0.05, 0) is 196 Å². The SMILES string of the molecule is Cc1cc(C)c(N(c2ccccc2)c2cc3c4c(c2)N(c2ccccc2-c2ccccc2)c2cc5c(cc2B4c2ccccc2S3)B2c3ccccc3N(c3c(C)cc(C)cc3C)c3cc(N(c4ccccc4)c4c(C)cc(C)cc4C)cc(c32)S5)c(C)c1. The Bertz CT molecular complexity index is 4820. The van der Waals surface area contributed by atoms with Crippen LogP contribution in [-0.4, -0.2) is 13.4 Å². The Morgan fingerprint density at radius 3 is 1.29 bits per heavy atom. The summed E-state index contributed by atoms with van der Waals surface area (Å²) in [5.74, 6) is 0. The van der Waals surface area contributed by atoms with E-state index in [0.29, 0.717) is 0 Å². The van der Waals surface area contributed by atoms with Crippen molar-refractivity contribution in [1.29, 1.82) is 0 Å². The van der Waals surface area contributed by atoms with Crippen molar-refractivity contribution in [3.05, 3.63) is 287 Å². The molecule has 8 heteroatoms. The van der Waals surface area contributed by atoms with Crippen LogP contribution in [0.4, 0.5) is 68.2 Å². The van der Waals surface area contributed by atoms with Crippen molar-refractivity contribution in [2.75, 3.05) is 19.6 Å². The van der Waals surface area contributed by atoms with Crippen LogP contribution in [0.5, 0.6) is 0 Å². The second-order valence-corrected chi connectivity index (χ2v) is 27.2. The maximum atomic E-state index is 2.67. The van der Waals surface area contributed by atoms with Crippen molar-refractivity contribution in [3.8, 4) is 11.1 Å². The lowest BCUT2D eigenvalue weighted by Gasteiger charge is -2.44. The minimum atomic E-state index is -0.0657. The van der Waals surface area contributed by atoms with E-state index in [1.165, 1.54) is 153 Å². The number of aryl methyl sites for hydroxylation is 9. The average molecular weight is 1180 g/mol. The highest BCUT2D eigenvalue weighted by Crippen LogP contribution is 2.53. The molecule has 428 valence electrons. The molecule has 89 heavy (non-hydrogen) atoms. The Morgan fingerprint density at radius 1 is 0.292 bits per heavy atom. The van der Waals surface area contributed by atoms with Crippen molar-refractivity contribution in [2.45, 2.75) is 81.9 Å². The molecule has 4 nitrogen and oxygen atoms in total. The van der Waals surface area contributed by atoms with Crippen LogP contribution in [-0.2, 0) is 0 Å². The van der Waals surface area contributed by atoms with Gasteiger partial charge in [0.15, 0.2) is 0 Å². The molecule has 0 amide bonds. The summed E-state index contributed by atoms with van der Waals surface area (Å²) in [6.45, 7) is 20.2. The molecule has 12 aromatic rings. The third-order valence-electron chi connectivity index (χ3n) is 18.8. The summed E-state index contributed by atoms with van der Waals surface area (Å²) in [4.78, 5) is 15.4. The van der Waals surface area contributed by atoms with E-state index in [2.05, 4.69) is 319 Å². The maximum absolute atomic E-state index is 2.67. The molecule has 0 bridgehead atoms. The summed E-state index contributed by atoms with van der Waals surface area (Å²) in [5, 5.41) is 0. The van der Waals surface area contributed by atoms with Gasteiger partial charge in [-0.2, -0.15) is 0 Å². The molecule has 0 spiro atoms. The summed E-state index contributed by atoms with van der Waals surface area (Å²) < 4.78 is 0. The fourth-order valence-electron chi connectivity index (χ4n) is 15.7. The summed E-state index contributed by atoms with van der Waals surface area (Å²) in [5.41, 5.74) is 35.8. The van der Waals surface area contributed by atoms with Crippen LogP contribution >= 0.6 is 23.5 Å². The lowest BCUT2D eigenvalue weighted by Crippen LogP contribution is -2.64. The molecule has 0 aromatic heterocycles. The number of rotatable bonds is 9. The summed E-state index contributed by atoms with van der Waals surface area (Å²) in [6, 6.07) is 90.0. The van der Waals surface area contributed by atoms with Gasteiger partial charge < -0.3 is 19.6 Å². The molecular formula is C81H66B2N4S2. The Labute approximate surface area is 533 Å². The van der Waals surface area contributed by atoms with Gasteiger partial charge in [0, 0.05) is 70.6 Å². The molecule has 12 aromatic carbocycles. The molecule has 0 N–H and O–H groups in total. The molecule has 0 saturated carbocycles. The van der Waals surface area contributed by atoms with E-state index in [1.54, 1.807) is 0 Å². The van der Waals surface area contributed by atoms with Gasteiger partial charge in [-0.1, -0.05) is 215 Å². The Balaban J connectivity index is 0.998. The minimum absolute atomic E-state index is 0.0539. The van der Waals surface area contributed by atoms with Crippen molar-refractivity contribution in [3.63, 3.8) is 0 Å². The van der Waals surface area contributed by atoms with E-state index < -0.39 is 0 Å². The number of benzene rings is 12. The minimum Gasteiger partial charge on any atom is -0.311 e. The second-order valence-electron chi connectivity index (χ2n) is 25.0. The van der Waals surface area contributed by atoms with Crippen LogP contribution in [0, 0.1) is 62.3 Å². The summed E-state index contributed by atoms with van der Waals surface area (Å²) >= 11 is 3.86. The van der Waals surface area contributed by atoms with E-state index >= 15 is 0 Å². The monoisotopic (exact) mass is 1180 g/mol. The molecule has 16 rings (SSSR count). The molecule has 4 aliphatic heterocycles. The molecule has 0 radical (unpaired) electrons. The van der Waals surface area contributed by atoms with Crippen LogP contribution in [0.15, 0.2) is 256 Å². The van der Waals surface area contributed by atoms with Gasteiger partial charge in [-0.15, -0.1) is 0 Å². The first-order valence-electron chi connectivity index (χ1n) is 31.1. The van der Waals surface area contributed by atoms with Gasteiger partial charge in [0.25, 0.3) is 0 Å². The van der Waals surface area contributed by atoms with Crippen LogP contribution < -0.4 is 52.4 Å². The number of anilines is 12. The average Bonchev–Trinajstić information content (AvgIpc) is 0.755. The third kappa shape index (κ3) is 8.92.